The van der Waals surface area contributed by atoms with Crippen molar-refractivity contribution in [1.29, 1.82) is 0 Å². The number of hydrazone groups is 1. The SMILES string of the molecule is CCCCCCCCCCOc1cc(COC(=O)CCCC(=NNS(=O)(=O)c2ccc(C)cc2)c2ccccc2)cc(OCCCCCCCCCC)c1. The molecule has 0 radical (unpaired) electrons. The van der Waals surface area contributed by atoms with Gasteiger partial charge in [-0.2, -0.15) is 18.4 Å². The van der Waals surface area contributed by atoms with E-state index in [1.165, 1.54) is 77.0 Å². The first-order valence-electron chi connectivity index (χ1n) is 20.6. The van der Waals surface area contributed by atoms with Gasteiger partial charge in [0.2, 0.25) is 0 Å². The zero-order chi connectivity index (χ0) is 38.7. The predicted molar refractivity (Wildman–Crippen MR) is 221 cm³/mol. The molecule has 3 aromatic carbocycles. The van der Waals surface area contributed by atoms with Crippen LogP contribution < -0.4 is 14.3 Å². The number of esters is 1. The number of carbonyl (C=O) groups is 1. The van der Waals surface area contributed by atoms with Crippen LogP contribution in [0.25, 0.3) is 0 Å². The van der Waals surface area contributed by atoms with Crippen molar-refractivity contribution in [2.24, 2.45) is 5.10 Å². The van der Waals surface area contributed by atoms with Crippen molar-refractivity contribution >= 4 is 21.7 Å². The Bertz CT molecular complexity index is 1550. The van der Waals surface area contributed by atoms with Gasteiger partial charge in [0.25, 0.3) is 10.0 Å². The van der Waals surface area contributed by atoms with Gasteiger partial charge in [-0.05, 0) is 68.0 Å². The lowest BCUT2D eigenvalue weighted by Crippen LogP contribution is -2.21. The number of benzene rings is 3. The van der Waals surface area contributed by atoms with Crippen molar-refractivity contribution < 1.29 is 27.4 Å². The summed E-state index contributed by atoms with van der Waals surface area (Å²) in [6.07, 6.45) is 20.8. The van der Waals surface area contributed by atoms with E-state index in [1.54, 1.807) is 24.3 Å². The van der Waals surface area contributed by atoms with Gasteiger partial charge in [0.05, 0.1) is 23.8 Å². The van der Waals surface area contributed by atoms with E-state index in [4.69, 9.17) is 14.2 Å². The van der Waals surface area contributed by atoms with Crippen molar-refractivity contribution in [3.63, 3.8) is 0 Å². The molecule has 0 saturated heterocycles. The van der Waals surface area contributed by atoms with Crippen LogP contribution in [0.1, 0.15) is 153 Å². The summed E-state index contributed by atoms with van der Waals surface area (Å²) in [5, 5.41) is 4.28. The fourth-order valence-electron chi connectivity index (χ4n) is 6.15. The van der Waals surface area contributed by atoms with Crippen LogP contribution in [0.5, 0.6) is 11.5 Å². The summed E-state index contributed by atoms with van der Waals surface area (Å²) in [6.45, 7) is 7.78. The van der Waals surface area contributed by atoms with Crippen molar-refractivity contribution in [2.75, 3.05) is 13.2 Å². The fraction of sp³-hybridized carbons (Fsp3) is 0.556. The molecule has 0 saturated carbocycles. The first kappa shape index (κ1) is 44.5. The van der Waals surface area contributed by atoms with Crippen LogP contribution in [0.15, 0.2) is 82.8 Å². The molecule has 0 aliphatic carbocycles. The summed E-state index contributed by atoms with van der Waals surface area (Å²) < 4.78 is 43.8. The molecule has 54 heavy (non-hydrogen) atoms. The van der Waals surface area contributed by atoms with Crippen molar-refractivity contribution in [3.8, 4) is 11.5 Å². The molecular formula is C45H66N2O6S. The van der Waals surface area contributed by atoms with Gasteiger partial charge < -0.3 is 14.2 Å². The monoisotopic (exact) mass is 762 g/mol. The molecule has 0 aromatic heterocycles. The zero-order valence-corrected chi connectivity index (χ0v) is 34.1. The summed E-state index contributed by atoms with van der Waals surface area (Å²) in [7, 11) is -3.85. The Morgan fingerprint density at radius 1 is 0.630 bits per heavy atom. The molecule has 0 fully saturated rings. The lowest BCUT2D eigenvalue weighted by atomic mass is 10.0. The Balaban J connectivity index is 1.53. The van der Waals surface area contributed by atoms with Crippen LogP contribution in [0.2, 0.25) is 0 Å². The van der Waals surface area contributed by atoms with Gasteiger partial charge in [-0.25, -0.2) is 0 Å². The second kappa shape index (κ2) is 26.8. The molecule has 0 bridgehead atoms. The number of hydrogen-bond acceptors (Lipinski definition) is 7. The molecule has 3 aromatic rings. The molecule has 0 aliphatic rings. The Kier molecular flexibility index (Phi) is 22.1. The highest BCUT2D eigenvalue weighted by Crippen LogP contribution is 2.25. The smallest absolute Gasteiger partial charge is 0.306 e. The van der Waals surface area contributed by atoms with E-state index in [0.29, 0.717) is 31.8 Å². The lowest BCUT2D eigenvalue weighted by molar-refractivity contribution is -0.145. The normalized spacial score (nSPS) is 11.7. The van der Waals surface area contributed by atoms with Crippen LogP contribution in [-0.2, 0) is 26.2 Å². The number of hydrogen-bond donors (Lipinski definition) is 1. The molecule has 0 atom stereocenters. The third-order valence-electron chi connectivity index (χ3n) is 9.41. The van der Waals surface area contributed by atoms with Gasteiger partial charge in [-0.1, -0.05) is 152 Å². The number of sulfonamides is 1. The molecule has 3 rings (SSSR count). The maximum atomic E-state index is 12.9. The van der Waals surface area contributed by atoms with E-state index in [1.807, 2.05) is 55.5 Å². The van der Waals surface area contributed by atoms with Gasteiger partial charge in [0, 0.05) is 12.5 Å². The third kappa shape index (κ3) is 19.0. The highest BCUT2D eigenvalue weighted by Gasteiger charge is 2.15. The summed E-state index contributed by atoms with van der Waals surface area (Å²) in [6, 6.07) is 21.8. The maximum Gasteiger partial charge on any atom is 0.306 e. The fourth-order valence-corrected chi connectivity index (χ4v) is 6.98. The number of rotatable bonds is 30. The summed E-state index contributed by atoms with van der Waals surface area (Å²) in [5.74, 6) is 1.12. The van der Waals surface area contributed by atoms with Crippen molar-refractivity contribution in [1.82, 2.24) is 4.83 Å². The molecule has 0 aliphatic heterocycles. The summed E-state index contributed by atoms with van der Waals surface area (Å²) in [4.78, 5) is 15.4. The minimum Gasteiger partial charge on any atom is -0.493 e. The van der Waals surface area contributed by atoms with E-state index >= 15 is 0 Å². The van der Waals surface area contributed by atoms with Crippen molar-refractivity contribution in [3.05, 3.63) is 89.5 Å². The molecule has 9 heteroatoms. The quantitative estimate of drug-likeness (QED) is 0.0314. The van der Waals surface area contributed by atoms with E-state index in [0.717, 1.165) is 53.9 Å². The van der Waals surface area contributed by atoms with Crippen molar-refractivity contribution in [2.45, 2.75) is 154 Å². The molecule has 0 spiro atoms. The van der Waals surface area contributed by atoms with E-state index in [-0.39, 0.29) is 23.9 Å². The number of carbonyl (C=O) groups excluding carboxylic acids is 1. The molecule has 1 N–H and O–H groups in total. The van der Waals surface area contributed by atoms with Gasteiger partial charge in [0.15, 0.2) is 0 Å². The Hall–Kier alpha value is -3.85. The average Bonchev–Trinajstić information content (AvgIpc) is 3.17. The molecule has 0 amide bonds. The second-order valence-electron chi connectivity index (χ2n) is 14.3. The Morgan fingerprint density at radius 3 is 1.69 bits per heavy atom. The zero-order valence-electron chi connectivity index (χ0n) is 33.3. The maximum absolute atomic E-state index is 12.9. The predicted octanol–water partition coefficient (Wildman–Crippen LogP) is 11.6. The largest absolute Gasteiger partial charge is 0.493 e. The molecule has 0 unspecified atom stereocenters. The Labute approximate surface area is 326 Å². The van der Waals surface area contributed by atoms with Gasteiger partial charge in [0.1, 0.15) is 18.1 Å². The second-order valence-corrected chi connectivity index (χ2v) is 16.0. The number of aryl methyl sites for hydroxylation is 1. The molecule has 8 nitrogen and oxygen atoms in total. The summed E-state index contributed by atoms with van der Waals surface area (Å²) >= 11 is 0. The molecular weight excluding hydrogens is 697 g/mol. The number of unbranched alkanes of at least 4 members (excludes halogenated alkanes) is 14. The molecule has 298 valence electrons. The summed E-state index contributed by atoms with van der Waals surface area (Å²) in [5.41, 5.74) is 3.10. The highest BCUT2D eigenvalue weighted by molar-refractivity contribution is 7.89. The lowest BCUT2D eigenvalue weighted by Gasteiger charge is -2.13. The third-order valence-corrected chi connectivity index (χ3v) is 10.6. The van der Waals surface area contributed by atoms with E-state index in [9.17, 15) is 13.2 Å². The Morgan fingerprint density at radius 2 is 1.15 bits per heavy atom. The average molecular weight is 763 g/mol. The van der Waals surface area contributed by atoms with E-state index < -0.39 is 10.0 Å². The first-order valence-corrected chi connectivity index (χ1v) is 22.0. The molecule has 0 heterocycles. The van der Waals surface area contributed by atoms with Crippen LogP contribution in [-0.4, -0.2) is 33.3 Å². The van der Waals surface area contributed by atoms with Crippen LogP contribution in [0.3, 0.4) is 0 Å². The minimum absolute atomic E-state index is 0.109. The number of ether oxygens (including phenoxy) is 3. The van der Waals surface area contributed by atoms with Gasteiger partial charge in [-0.3, -0.25) is 4.79 Å². The van der Waals surface area contributed by atoms with E-state index in [2.05, 4.69) is 23.8 Å². The van der Waals surface area contributed by atoms with Crippen LogP contribution in [0, 0.1) is 6.92 Å². The number of nitrogens with one attached hydrogen (secondary N) is 1. The highest BCUT2D eigenvalue weighted by atomic mass is 32.2. The van der Waals surface area contributed by atoms with Gasteiger partial charge in [-0.15, -0.1) is 0 Å². The van der Waals surface area contributed by atoms with Crippen LogP contribution >= 0.6 is 0 Å². The number of nitrogens with zero attached hydrogens (tertiary/aromatic N) is 1. The topological polar surface area (TPSA) is 103 Å². The standard InChI is InChI=1S/C45H66N2O6S/c1-4-6-8-10-12-14-16-21-32-51-41-34-39(35-42(36-41)52-33-22-17-15-13-11-9-7-5-2)37-53-45(48)27-23-26-44(40-24-19-18-20-25-40)46-47-54(49,50)43-30-28-38(3)29-31-43/h18-20,24-25,28-31,34-36,47H,4-17,21-23,26-27,32-33,37H2,1-3H3. The van der Waals surface area contributed by atoms with Gasteiger partial charge >= 0.3 is 5.97 Å². The first-order chi connectivity index (χ1) is 26.3. The van der Waals surface area contributed by atoms with Crippen LogP contribution in [0.4, 0.5) is 0 Å². The minimum atomic E-state index is -3.85.